The van der Waals surface area contributed by atoms with Crippen molar-refractivity contribution in [1.29, 1.82) is 0 Å². The molecular weight excluding hydrogens is 283 g/mol. The fourth-order valence-electron chi connectivity index (χ4n) is 1.72. The van der Waals surface area contributed by atoms with E-state index in [9.17, 15) is 0 Å². The van der Waals surface area contributed by atoms with Crippen LogP contribution in [0.3, 0.4) is 0 Å². The molecule has 0 heterocycles. The van der Waals surface area contributed by atoms with Crippen LogP contribution in [0.4, 0.5) is 0 Å². The van der Waals surface area contributed by atoms with Crippen molar-refractivity contribution >= 4 is 23.2 Å². The van der Waals surface area contributed by atoms with Gasteiger partial charge in [-0.2, -0.15) is 0 Å². The van der Waals surface area contributed by atoms with E-state index in [-0.39, 0.29) is 6.61 Å². The predicted molar refractivity (Wildman–Crippen MR) is 78.4 cm³/mol. The molecule has 4 heteroatoms. The summed E-state index contributed by atoms with van der Waals surface area (Å²) in [7, 11) is 0. The molecule has 0 amide bonds. The van der Waals surface area contributed by atoms with Crippen LogP contribution in [0, 0.1) is 0 Å². The van der Waals surface area contributed by atoms with Gasteiger partial charge in [0.15, 0.2) is 0 Å². The summed E-state index contributed by atoms with van der Waals surface area (Å²) >= 11 is 11.8. The van der Waals surface area contributed by atoms with Crippen LogP contribution in [-0.4, -0.2) is 11.7 Å². The van der Waals surface area contributed by atoms with Crippen LogP contribution in [0.15, 0.2) is 42.5 Å². The lowest BCUT2D eigenvalue weighted by Gasteiger charge is -2.08. The highest BCUT2D eigenvalue weighted by Crippen LogP contribution is 2.29. The van der Waals surface area contributed by atoms with Crippen LogP contribution in [-0.2, 0) is 6.42 Å². The molecule has 0 unspecified atom stereocenters. The Bertz CT molecular complexity index is 556. The molecule has 0 atom stereocenters. The molecule has 2 aromatic rings. The lowest BCUT2D eigenvalue weighted by atomic mass is 10.1. The molecule has 19 heavy (non-hydrogen) atoms. The largest absolute Gasteiger partial charge is 0.457 e. The van der Waals surface area contributed by atoms with Gasteiger partial charge < -0.3 is 9.84 Å². The van der Waals surface area contributed by atoms with Crippen molar-refractivity contribution in [2.75, 3.05) is 6.61 Å². The van der Waals surface area contributed by atoms with Crippen molar-refractivity contribution in [3.8, 4) is 11.5 Å². The van der Waals surface area contributed by atoms with Crippen molar-refractivity contribution < 1.29 is 9.84 Å². The third kappa shape index (κ3) is 4.13. The van der Waals surface area contributed by atoms with Gasteiger partial charge in [-0.3, -0.25) is 0 Å². The number of hydrogen-bond donors (Lipinski definition) is 1. The molecule has 2 nitrogen and oxygen atoms in total. The van der Waals surface area contributed by atoms with Crippen LogP contribution in [0.25, 0.3) is 0 Å². The van der Waals surface area contributed by atoms with Gasteiger partial charge in [-0.25, -0.2) is 0 Å². The number of benzene rings is 2. The van der Waals surface area contributed by atoms with Crippen LogP contribution in [0.1, 0.15) is 12.0 Å². The Hall–Kier alpha value is -1.22. The first-order valence-corrected chi connectivity index (χ1v) is 6.77. The highest BCUT2D eigenvalue weighted by molar-refractivity contribution is 6.42. The SMILES string of the molecule is OCCCc1cccc(Oc2ccc(Cl)c(Cl)c2)c1. The smallest absolute Gasteiger partial charge is 0.129 e. The molecular formula is C15H14Cl2O2. The van der Waals surface area contributed by atoms with Crippen molar-refractivity contribution in [2.24, 2.45) is 0 Å². The van der Waals surface area contributed by atoms with Gasteiger partial charge in [0.2, 0.25) is 0 Å². The summed E-state index contributed by atoms with van der Waals surface area (Å²) in [6.45, 7) is 0.192. The van der Waals surface area contributed by atoms with Crippen LogP contribution >= 0.6 is 23.2 Å². The Balaban J connectivity index is 2.11. The van der Waals surface area contributed by atoms with Crippen LogP contribution < -0.4 is 4.74 Å². The molecule has 0 aliphatic rings. The summed E-state index contributed by atoms with van der Waals surface area (Å²) in [6, 6.07) is 12.9. The van der Waals surface area contributed by atoms with Crippen molar-refractivity contribution in [2.45, 2.75) is 12.8 Å². The van der Waals surface area contributed by atoms with E-state index in [1.54, 1.807) is 18.2 Å². The molecule has 100 valence electrons. The maximum Gasteiger partial charge on any atom is 0.129 e. The first-order chi connectivity index (χ1) is 9.19. The molecule has 0 aliphatic carbocycles. The molecule has 0 aromatic heterocycles. The van der Waals surface area contributed by atoms with Crippen molar-refractivity contribution in [1.82, 2.24) is 0 Å². The number of aliphatic hydroxyl groups is 1. The summed E-state index contributed by atoms with van der Waals surface area (Å²) in [5.74, 6) is 1.39. The highest BCUT2D eigenvalue weighted by Gasteiger charge is 2.02. The second-order valence-electron chi connectivity index (χ2n) is 4.15. The van der Waals surface area contributed by atoms with E-state index in [0.717, 1.165) is 24.2 Å². The summed E-state index contributed by atoms with van der Waals surface area (Å²) in [4.78, 5) is 0. The Morgan fingerprint density at radius 1 is 0.947 bits per heavy atom. The number of rotatable bonds is 5. The molecule has 0 bridgehead atoms. The second-order valence-corrected chi connectivity index (χ2v) is 4.97. The van der Waals surface area contributed by atoms with Crippen LogP contribution in [0.2, 0.25) is 10.0 Å². The Morgan fingerprint density at radius 3 is 2.47 bits per heavy atom. The molecule has 0 saturated heterocycles. The van der Waals surface area contributed by atoms with E-state index < -0.39 is 0 Å². The summed E-state index contributed by atoms with van der Waals surface area (Å²) in [6.07, 6.45) is 1.57. The van der Waals surface area contributed by atoms with E-state index >= 15 is 0 Å². The number of aliphatic hydroxyl groups excluding tert-OH is 1. The first kappa shape index (κ1) is 14.2. The zero-order valence-electron chi connectivity index (χ0n) is 10.3. The maximum atomic E-state index is 8.83. The minimum Gasteiger partial charge on any atom is -0.457 e. The van der Waals surface area contributed by atoms with E-state index in [2.05, 4.69) is 0 Å². The first-order valence-electron chi connectivity index (χ1n) is 6.02. The van der Waals surface area contributed by atoms with E-state index in [4.69, 9.17) is 33.0 Å². The number of hydrogen-bond acceptors (Lipinski definition) is 2. The Kier molecular flexibility index (Phi) is 5.08. The highest BCUT2D eigenvalue weighted by atomic mass is 35.5. The lowest BCUT2D eigenvalue weighted by Crippen LogP contribution is -1.91. The molecule has 0 fully saturated rings. The molecule has 2 aromatic carbocycles. The predicted octanol–water partition coefficient (Wildman–Crippen LogP) is 4.71. The van der Waals surface area contributed by atoms with Gasteiger partial charge in [0.05, 0.1) is 10.0 Å². The minimum absolute atomic E-state index is 0.192. The third-order valence-corrected chi connectivity index (χ3v) is 3.39. The van der Waals surface area contributed by atoms with E-state index in [1.807, 2.05) is 24.3 Å². The normalized spacial score (nSPS) is 10.5. The molecule has 0 aliphatic heterocycles. The lowest BCUT2D eigenvalue weighted by molar-refractivity contribution is 0.288. The molecule has 2 rings (SSSR count). The molecule has 0 saturated carbocycles. The van der Waals surface area contributed by atoms with Crippen molar-refractivity contribution in [3.05, 3.63) is 58.1 Å². The minimum atomic E-state index is 0.192. The monoisotopic (exact) mass is 296 g/mol. The average molecular weight is 297 g/mol. The topological polar surface area (TPSA) is 29.5 Å². The zero-order chi connectivity index (χ0) is 13.7. The fourth-order valence-corrected chi connectivity index (χ4v) is 2.01. The maximum absolute atomic E-state index is 8.83. The van der Waals surface area contributed by atoms with Gasteiger partial charge in [0.1, 0.15) is 11.5 Å². The molecule has 0 radical (unpaired) electrons. The molecule has 1 N–H and O–H groups in total. The standard InChI is InChI=1S/C15H14Cl2O2/c16-14-7-6-13(10-15(14)17)19-12-5-1-3-11(9-12)4-2-8-18/h1,3,5-7,9-10,18H,2,4,8H2. The number of halogens is 2. The van der Waals surface area contributed by atoms with Gasteiger partial charge >= 0.3 is 0 Å². The third-order valence-electron chi connectivity index (χ3n) is 2.65. The summed E-state index contributed by atoms with van der Waals surface area (Å²) in [5, 5.41) is 9.80. The van der Waals surface area contributed by atoms with Gasteiger partial charge in [-0.1, -0.05) is 35.3 Å². The van der Waals surface area contributed by atoms with E-state index in [0.29, 0.717) is 15.8 Å². The molecule has 0 spiro atoms. The average Bonchev–Trinajstić information content (AvgIpc) is 2.41. The number of aryl methyl sites for hydroxylation is 1. The Labute approximate surface area is 122 Å². The van der Waals surface area contributed by atoms with Gasteiger partial charge in [-0.05, 0) is 42.7 Å². The van der Waals surface area contributed by atoms with Gasteiger partial charge in [0.25, 0.3) is 0 Å². The van der Waals surface area contributed by atoms with Crippen molar-refractivity contribution in [3.63, 3.8) is 0 Å². The quantitative estimate of drug-likeness (QED) is 0.866. The van der Waals surface area contributed by atoms with Crippen LogP contribution in [0.5, 0.6) is 11.5 Å². The fraction of sp³-hybridized carbons (Fsp3) is 0.200. The van der Waals surface area contributed by atoms with Gasteiger partial charge in [0, 0.05) is 12.7 Å². The zero-order valence-corrected chi connectivity index (χ0v) is 11.8. The summed E-state index contributed by atoms with van der Waals surface area (Å²) in [5.41, 5.74) is 1.13. The van der Waals surface area contributed by atoms with E-state index in [1.165, 1.54) is 0 Å². The number of ether oxygens (including phenoxy) is 1. The van der Waals surface area contributed by atoms with Gasteiger partial charge in [-0.15, -0.1) is 0 Å². The second kappa shape index (κ2) is 6.80. The summed E-state index contributed by atoms with van der Waals surface area (Å²) < 4.78 is 5.73. The Morgan fingerprint density at radius 2 is 1.74 bits per heavy atom.